The van der Waals surface area contributed by atoms with Crippen molar-refractivity contribution in [2.45, 2.75) is 25.4 Å². The second-order valence-electron chi connectivity index (χ2n) is 11.9. The molecule has 6 rings (SSSR count). The van der Waals surface area contributed by atoms with Gasteiger partial charge in [0.1, 0.15) is 13.1 Å². The lowest BCUT2D eigenvalue weighted by Crippen LogP contribution is -2.51. The topological polar surface area (TPSA) is 188 Å². The summed E-state index contributed by atoms with van der Waals surface area (Å²) < 4.78 is 0.999. The third kappa shape index (κ3) is 8.25. The van der Waals surface area contributed by atoms with Crippen LogP contribution in [0.1, 0.15) is 32.9 Å². The normalized spacial score (nSPS) is 14.2. The van der Waals surface area contributed by atoms with Crippen molar-refractivity contribution in [2.75, 3.05) is 18.4 Å². The number of carbonyl (C=O) groups excluding carboxylic acids is 3. The van der Waals surface area contributed by atoms with Crippen molar-refractivity contribution in [3.63, 3.8) is 0 Å². The highest BCUT2D eigenvalue weighted by atomic mass is 32.1. The molecular weight excluding hydrogens is 675 g/mol. The maximum atomic E-state index is 13.2. The average Bonchev–Trinajstić information content (AvgIpc) is 3.62. The van der Waals surface area contributed by atoms with Crippen molar-refractivity contribution in [3.8, 4) is 32.7 Å². The predicted molar refractivity (Wildman–Crippen MR) is 189 cm³/mol. The maximum Gasteiger partial charge on any atom is 0.323 e. The number of rotatable bonds is 11. The van der Waals surface area contributed by atoms with Gasteiger partial charge in [-0.25, -0.2) is 0 Å². The number of piperidine rings is 1. The number of hydrogen-bond acceptors (Lipinski definition) is 8. The SMILES string of the molecule is O=C(O)CN1CC(NC(=O)c2cccc(-c3cccc(-c4ccncc4-c4ccc(C(=O)Nc5ccc(=O)n(CC(=O)O)c5)s4)c3)c2)CCC1=O. The number of pyridine rings is 2. The molecule has 5 aromatic rings. The van der Waals surface area contributed by atoms with Gasteiger partial charge < -0.3 is 30.3 Å². The van der Waals surface area contributed by atoms with E-state index in [0.717, 1.165) is 37.3 Å². The summed E-state index contributed by atoms with van der Waals surface area (Å²) in [5.74, 6) is -3.27. The van der Waals surface area contributed by atoms with E-state index < -0.39 is 36.5 Å². The number of anilines is 1. The molecule has 0 aliphatic carbocycles. The predicted octanol–water partition coefficient (Wildman–Crippen LogP) is 4.45. The first-order chi connectivity index (χ1) is 24.5. The molecule has 2 aromatic carbocycles. The molecule has 1 fully saturated rings. The monoisotopic (exact) mass is 705 g/mol. The minimum absolute atomic E-state index is 0.133. The standard InChI is InChI=1S/C37H31N5O8S/c43-32-11-7-26(18-41(32)20-34(45)46)39-36(49)25-6-2-4-23(16-25)22-3-1-5-24(15-22)28-13-14-38-17-29(28)30-9-10-31(51-30)37(50)40-27-8-12-33(44)42(19-27)21-35(47)48/h1-6,8-10,12-17,19,26H,7,11,18,20-21H2,(H,39,49)(H,40,50)(H,45,46)(H,47,48). The Morgan fingerprint density at radius 3 is 2.35 bits per heavy atom. The number of carbonyl (C=O) groups is 5. The van der Waals surface area contributed by atoms with Crippen LogP contribution in [0.25, 0.3) is 32.7 Å². The summed E-state index contributed by atoms with van der Waals surface area (Å²) in [5, 5.41) is 23.8. The number of thiophene rings is 1. The number of amides is 3. The molecule has 0 bridgehead atoms. The Hall–Kier alpha value is -6.41. The Morgan fingerprint density at radius 2 is 1.57 bits per heavy atom. The molecule has 14 heteroatoms. The minimum atomic E-state index is -1.18. The second-order valence-corrected chi connectivity index (χ2v) is 12.9. The molecule has 4 N–H and O–H groups in total. The maximum absolute atomic E-state index is 13.2. The zero-order chi connectivity index (χ0) is 36.1. The van der Waals surface area contributed by atoms with Crippen LogP contribution in [0.15, 0.2) is 102 Å². The third-order valence-electron chi connectivity index (χ3n) is 8.26. The van der Waals surface area contributed by atoms with E-state index in [1.807, 2.05) is 42.5 Å². The van der Waals surface area contributed by atoms with Crippen LogP contribution in [-0.4, -0.2) is 73.5 Å². The Balaban J connectivity index is 1.19. The molecule has 1 atom stereocenters. The van der Waals surface area contributed by atoms with E-state index in [4.69, 9.17) is 10.2 Å². The van der Waals surface area contributed by atoms with Crippen molar-refractivity contribution in [1.82, 2.24) is 19.8 Å². The van der Waals surface area contributed by atoms with Gasteiger partial charge in [0.25, 0.3) is 17.4 Å². The largest absolute Gasteiger partial charge is 0.480 e. The van der Waals surface area contributed by atoms with Crippen LogP contribution in [-0.2, 0) is 20.9 Å². The van der Waals surface area contributed by atoms with Gasteiger partial charge in [0.2, 0.25) is 5.91 Å². The molecule has 0 saturated carbocycles. The zero-order valence-corrected chi connectivity index (χ0v) is 27.8. The van der Waals surface area contributed by atoms with Crippen molar-refractivity contribution < 1.29 is 34.2 Å². The summed E-state index contributed by atoms with van der Waals surface area (Å²) in [5.41, 5.74) is 4.41. The van der Waals surface area contributed by atoms with Crippen molar-refractivity contribution in [1.29, 1.82) is 0 Å². The molecular formula is C37H31N5O8S. The first kappa shape index (κ1) is 34.5. The molecule has 1 aliphatic heterocycles. The fraction of sp³-hybridized carbons (Fsp3) is 0.162. The summed E-state index contributed by atoms with van der Waals surface area (Å²) in [4.78, 5) is 79.4. The lowest BCUT2D eigenvalue weighted by Gasteiger charge is -2.32. The van der Waals surface area contributed by atoms with Crippen molar-refractivity contribution >= 4 is 46.7 Å². The van der Waals surface area contributed by atoms with E-state index in [1.54, 1.807) is 36.7 Å². The van der Waals surface area contributed by atoms with Crippen LogP contribution in [0.2, 0.25) is 0 Å². The highest BCUT2D eigenvalue weighted by Crippen LogP contribution is 2.37. The first-order valence-electron chi connectivity index (χ1n) is 15.8. The first-order valence-corrected chi connectivity index (χ1v) is 16.6. The van der Waals surface area contributed by atoms with E-state index in [9.17, 15) is 28.8 Å². The number of carboxylic acid groups (broad SMARTS) is 2. The van der Waals surface area contributed by atoms with Gasteiger partial charge >= 0.3 is 11.9 Å². The van der Waals surface area contributed by atoms with Crippen LogP contribution >= 0.6 is 11.3 Å². The number of carboxylic acids is 2. The van der Waals surface area contributed by atoms with Gasteiger partial charge in [-0.1, -0.05) is 30.3 Å². The van der Waals surface area contributed by atoms with Crippen LogP contribution in [0.4, 0.5) is 5.69 Å². The van der Waals surface area contributed by atoms with Gasteiger partial charge in [0.15, 0.2) is 0 Å². The Labute approximate surface area is 294 Å². The van der Waals surface area contributed by atoms with E-state index in [-0.39, 0.29) is 36.5 Å². The molecule has 258 valence electrons. The number of nitrogens with zero attached hydrogens (tertiary/aromatic N) is 3. The molecule has 51 heavy (non-hydrogen) atoms. The number of benzene rings is 2. The van der Waals surface area contributed by atoms with E-state index in [0.29, 0.717) is 16.9 Å². The van der Waals surface area contributed by atoms with Gasteiger partial charge in [0.05, 0.1) is 10.6 Å². The number of aliphatic carboxylic acids is 2. The lowest BCUT2D eigenvalue weighted by molar-refractivity contribution is -0.146. The van der Waals surface area contributed by atoms with E-state index >= 15 is 0 Å². The van der Waals surface area contributed by atoms with Gasteiger partial charge in [-0.2, -0.15) is 0 Å². The molecule has 1 unspecified atom stereocenters. The Bertz CT molecular complexity index is 2230. The number of likely N-dealkylation sites (tertiary alicyclic amines) is 1. The highest BCUT2D eigenvalue weighted by molar-refractivity contribution is 7.17. The lowest BCUT2D eigenvalue weighted by atomic mass is 9.95. The van der Waals surface area contributed by atoms with Crippen LogP contribution in [0.3, 0.4) is 0 Å². The smallest absolute Gasteiger partial charge is 0.323 e. The molecule has 3 aromatic heterocycles. The molecule has 1 saturated heterocycles. The number of hydrogen-bond donors (Lipinski definition) is 4. The Morgan fingerprint density at radius 1 is 0.824 bits per heavy atom. The molecule has 4 heterocycles. The molecule has 0 spiro atoms. The van der Waals surface area contributed by atoms with Gasteiger partial charge in [-0.05, 0) is 71.1 Å². The summed E-state index contributed by atoms with van der Waals surface area (Å²) in [6.07, 6.45) is 5.28. The minimum Gasteiger partial charge on any atom is -0.480 e. The quantitative estimate of drug-likeness (QED) is 0.154. The Kier molecular flexibility index (Phi) is 10.1. The molecule has 0 radical (unpaired) electrons. The van der Waals surface area contributed by atoms with Crippen molar-refractivity contribution in [3.05, 3.63) is 118 Å². The van der Waals surface area contributed by atoms with Gasteiger partial charge in [-0.3, -0.25) is 33.8 Å². The van der Waals surface area contributed by atoms with Crippen LogP contribution in [0, 0.1) is 0 Å². The molecule has 13 nitrogen and oxygen atoms in total. The summed E-state index contributed by atoms with van der Waals surface area (Å²) >= 11 is 1.25. The number of aromatic nitrogens is 2. The highest BCUT2D eigenvalue weighted by Gasteiger charge is 2.28. The summed E-state index contributed by atoms with van der Waals surface area (Å²) in [6.45, 7) is -0.803. The molecule has 3 amide bonds. The fourth-order valence-electron chi connectivity index (χ4n) is 5.84. The third-order valence-corrected chi connectivity index (χ3v) is 9.37. The number of nitrogens with one attached hydrogen (secondary N) is 2. The van der Waals surface area contributed by atoms with Crippen LogP contribution < -0.4 is 16.2 Å². The fourth-order valence-corrected chi connectivity index (χ4v) is 6.76. The molecule has 1 aliphatic rings. The second kappa shape index (κ2) is 15.0. The van der Waals surface area contributed by atoms with Gasteiger partial charge in [0, 0.05) is 59.7 Å². The summed E-state index contributed by atoms with van der Waals surface area (Å²) in [6, 6.07) is 22.6. The zero-order valence-electron chi connectivity index (χ0n) is 26.9. The van der Waals surface area contributed by atoms with E-state index in [1.165, 1.54) is 34.6 Å². The summed E-state index contributed by atoms with van der Waals surface area (Å²) in [7, 11) is 0. The van der Waals surface area contributed by atoms with Crippen LogP contribution in [0.5, 0.6) is 0 Å². The average molecular weight is 706 g/mol. The van der Waals surface area contributed by atoms with Gasteiger partial charge in [-0.15, -0.1) is 11.3 Å². The van der Waals surface area contributed by atoms with E-state index in [2.05, 4.69) is 15.6 Å². The van der Waals surface area contributed by atoms with Crippen molar-refractivity contribution in [2.24, 2.45) is 0 Å².